The van der Waals surface area contributed by atoms with Crippen LogP contribution in [0.3, 0.4) is 0 Å². The number of amides is 1. The van der Waals surface area contributed by atoms with Crippen molar-refractivity contribution in [2.75, 3.05) is 4.31 Å². The van der Waals surface area contributed by atoms with E-state index in [4.69, 9.17) is 16.0 Å². The normalized spacial score (nSPS) is 14.6. The zero-order valence-corrected chi connectivity index (χ0v) is 16.6. The van der Waals surface area contributed by atoms with Crippen LogP contribution in [0.1, 0.15) is 27.2 Å². The molecule has 0 radical (unpaired) electrons. The molecule has 1 amide bonds. The van der Waals surface area contributed by atoms with Crippen LogP contribution in [-0.4, -0.2) is 14.3 Å². The van der Waals surface area contributed by atoms with E-state index in [9.17, 15) is 17.6 Å². The molecule has 0 aliphatic carbocycles. The molecule has 0 unspecified atom stereocenters. The SMILES string of the molecule is O=C(NCc1ccco1)c1ccc2c(c1)N(Cc1c(F)cccc1Cl)S(=O)(=O)C2. The van der Waals surface area contributed by atoms with E-state index in [0.717, 1.165) is 4.31 Å². The smallest absolute Gasteiger partial charge is 0.251 e. The maximum Gasteiger partial charge on any atom is 0.251 e. The monoisotopic (exact) mass is 434 g/mol. The molecule has 1 N–H and O–H groups in total. The third-order valence-electron chi connectivity index (χ3n) is 4.66. The van der Waals surface area contributed by atoms with Gasteiger partial charge in [-0.25, -0.2) is 12.8 Å². The lowest BCUT2D eigenvalue weighted by Crippen LogP contribution is -2.27. The van der Waals surface area contributed by atoms with Gasteiger partial charge in [-0.1, -0.05) is 23.7 Å². The summed E-state index contributed by atoms with van der Waals surface area (Å²) in [6.45, 7) is -0.0475. The number of benzene rings is 2. The van der Waals surface area contributed by atoms with Crippen molar-refractivity contribution in [1.29, 1.82) is 0 Å². The van der Waals surface area contributed by atoms with Crippen molar-refractivity contribution in [3.8, 4) is 0 Å². The summed E-state index contributed by atoms with van der Waals surface area (Å²) in [5.74, 6) is -0.591. The van der Waals surface area contributed by atoms with Crippen LogP contribution in [0.25, 0.3) is 0 Å². The summed E-state index contributed by atoms with van der Waals surface area (Å²) in [5, 5.41) is 2.85. The third-order valence-corrected chi connectivity index (χ3v) is 6.68. The topological polar surface area (TPSA) is 79.6 Å². The van der Waals surface area contributed by atoms with Crippen LogP contribution in [0.2, 0.25) is 5.02 Å². The van der Waals surface area contributed by atoms with Crippen LogP contribution in [0.5, 0.6) is 0 Å². The van der Waals surface area contributed by atoms with Gasteiger partial charge in [0.05, 0.1) is 30.8 Å². The van der Waals surface area contributed by atoms with Crippen molar-refractivity contribution in [2.45, 2.75) is 18.8 Å². The van der Waals surface area contributed by atoms with E-state index in [1.165, 1.54) is 30.5 Å². The number of carbonyl (C=O) groups excluding carboxylic acids is 1. The highest BCUT2D eigenvalue weighted by atomic mass is 35.5. The lowest BCUT2D eigenvalue weighted by Gasteiger charge is -2.20. The lowest BCUT2D eigenvalue weighted by molar-refractivity contribution is 0.0948. The predicted molar refractivity (Wildman–Crippen MR) is 107 cm³/mol. The first kappa shape index (κ1) is 19.5. The minimum atomic E-state index is -3.71. The number of fused-ring (bicyclic) bond motifs is 1. The molecule has 0 atom stereocenters. The molecular formula is C20H16ClFN2O4S. The van der Waals surface area contributed by atoms with Gasteiger partial charge in [-0.15, -0.1) is 0 Å². The van der Waals surface area contributed by atoms with E-state index >= 15 is 0 Å². The Morgan fingerprint density at radius 1 is 1.21 bits per heavy atom. The van der Waals surface area contributed by atoms with Crippen LogP contribution in [-0.2, 0) is 28.9 Å². The number of hydrogen-bond acceptors (Lipinski definition) is 4. The minimum absolute atomic E-state index is 0.0817. The van der Waals surface area contributed by atoms with E-state index in [1.807, 2.05) is 0 Å². The Hall–Kier alpha value is -2.84. The molecule has 0 saturated heterocycles. The fraction of sp³-hybridized carbons (Fsp3) is 0.150. The van der Waals surface area contributed by atoms with Gasteiger partial charge in [0.25, 0.3) is 5.91 Å². The van der Waals surface area contributed by atoms with Crippen molar-refractivity contribution in [2.24, 2.45) is 0 Å². The van der Waals surface area contributed by atoms with Gasteiger partial charge in [0.15, 0.2) is 0 Å². The Kier molecular flexibility index (Phi) is 5.06. The number of carbonyl (C=O) groups is 1. The van der Waals surface area contributed by atoms with Crippen molar-refractivity contribution in [1.82, 2.24) is 5.32 Å². The maximum atomic E-state index is 14.2. The van der Waals surface area contributed by atoms with Crippen LogP contribution < -0.4 is 9.62 Å². The Bertz CT molecular complexity index is 1160. The van der Waals surface area contributed by atoms with Gasteiger partial charge in [-0.3, -0.25) is 9.10 Å². The number of nitrogens with one attached hydrogen (secondary N) is 1. The van der Waals surface area contributed by atoms with Crippen molar-refractivity contribution in [3.05, 3.63) is 88.1 Å². The number of nitrogens with zero attached hydrogens (tertiary/aromatic N) is 1. The summed E-state index contributed by atoms with van der Waals surface area (Å²) in [6.07, 6.45) is 1.51. The number of hydrogen-bond donors (Lipinski definition) is 1. The highest BCUT2D eigenvalue weighted by Crippen LogP contribution is 2.37. The van der Waals surface area contributed by atoms with Gasteiger partial charge in [0.2, 0.25) is 10.0 Å². The van der Waals surface area contributed by atoms with Gasteiger partial charge < -0.3 is 9.73 Å². The molecular weight excluding hydrogens is 419 g/mol. The summed E-state index contributed by atoms with van der Waals surface area (Å²) in [6, 6.07) is 12.3. The molecule has 1 aromatic heterocycles. The van der Waals surface area contributed by atoms with E-state index < -0.39 is 15.8 Å². The Balaban J connectivity index is 1.62. The number of sulfonamides is 1. The minimum Gasteiger partial charge on any atom is -0.467 e. The quantitative estimate of drug-likeness (QED) is 0.661. The van der Waals surface area contributed by atoms with Gasteiger partial charge >= 0.3 is 0 Å². The van der Waals surface area contributed by atoms with Gasteiger partial charge in [0.1, 0.15) is 11.6 Å². The summed E-state index contributed by atoms with van der Waals surface area (Å²) >= 11 is 6.07. The first-order valence-electron chi connectivity index (χ1n) is 8.72. The third kappa shape index (κ3) is 3.86. The zero-order chi connectivity index (χ0) is 20.6. The molecule has 2 heterocycles. The van der Waals surface area contributed by atoms with E-state index in [-0.39, 0.29) is 40.9 Å². The Labute approximate surface area is 171 Å². The van der Waals surface area contributed by atoms with Crippen LogP contribution in [0.15, 0.2) is 59.2 Å². The van der Waals surface area contributed by atoms with E-state index in [1.54, 1.807) is 24.3 Å². The number of rotatable bonds is 5. The average molecular weight is 435 g/mol. The van der Waals surface area contributed by atoms with Crippen molar-refractivity contribution in [3.63, 3.8) is 0 Å². The van der Waals surface area contributed by atoms with Crippen molar-refractivity contribution < 1.29 is 22.0 Å². The maximum absolute atomic E-state index is 14.2. The fourth-order valence-corrected chi connectivity index (χ4v) is 4.99. The van der Waals surface area contributed by atoms with E-state index in [2.05, 4.69) is 5.32 Å². The molecule has 0 spiro atoms. The molecule has 9 heteroatoms. The molecule has 1 aliphatic rings. The fourth-order valence-electron chi connectivity index (χ4n) is 3.18. The number of halogens is 2. The number of furan rings is 1. The molecule has 3 aromatic rings. The first-order chi connectivity index (χ1) is 13.8. The average Bonchev–Trinajstić information content (AvgIpc) is 3.27. The molecule has 2 aromatic carbocycles. The Morgan fingerprint density at radius 2 is 2.03 bits per heavy atom. The first-order valence-corrected chi connectivity index (χ1v) is 10.7. The molecule has 0 bridgehead atoms. The predicted octanol–water partition coefficient (Wildman–Crippen LogP) is 3.85. The van der Waals surface area contributed by atoms with Crippen LogP contribution in [0.4, 0.5) is 10.1 Å². The largest absolute Gasteiger partial charge is 0.467 e. The second-order valence-corrected chi connectivity index (χ2v) is 8.87. The molecule has 4 rings (SSSR count). The van der Waals surface area contributed by atoms with E-state index in [0.29, 0.717) is 17.0 Å². The highest BCUT2D eigenvalue weighted by molar-refractivity contribution is 7.92. The van der Waals surface area contributed by atoms with Crippen molar-refractivity contribution >= 4 is 33.2 Å². The molecule has 6 nitrogen and oxygen atoms in total. The summed E-state index contributed by atoms with van der Waals surface area (Å²) < 4.78 is 45.8. The molecule has 1 aliphatic heterocycles. The highest BCUT2D eigenvalue weighted by Gasteiger charge is 2.34. The van der Waals surface area contributed by atoms with Gasteiger partial charge in [-0.05, 0) is 42.0 Å². The molecule has 0 fully saturated rings. The Morgan fingerprint density at radius 3 is 2.76 bits per heavy atom. The van der Waals surface area contributed by atoms with Crippen LogP contribution >= 0.6 is 11.6 Å². The molecule has 0 saturated carbocycles. The van der Waals surface area contributed by atoms with Gasteiger partial charge in [0, 0.05) is 16.1 Å². The number of anilines is 1. The molecule has 150 valence electrons. The van der Waals surface area contributed by atoms with Gasteiger partial charge in [-0.2, -0.15) is 0 Å². The second-order valence-electron chi connectivity index (χ2n) is 6.57. The second kappa shape index (κ2) is 7.53. The molecule has 29 heavy (non-hydrogen) atoms. The lowest BCUT2D eigenvalue weighted by atomic mass is 10.1. The van der Waals surface area contributed by atoms with Crippen LogP contribution in [0, 0.1) is 5.82 Å². The summed E-state index contributed by atoms with van der Waals surface area (Å²) in [5.41, 5.74) is 1.25. The standard InChI is InChI=1S/C20H16ClFN2O4S/c21-17-4-1-5-18(22)16(17)11-24-19-9-13(6-7-14(19)12-29(24,26)27)20(25)23-10-15-3-2-8-28-15/h1-9H,10-12H2,(H,23,25). The summed E-state index contributed by atoms with van der Waals surface area (Å²) in [7, 11) is -3.71. The summed E-state index contributed by atoms with van der Waals surface area (Å²) in [4.78, 5) is 12.5. The zero-order valence-electron chi connectivity index (χ0n) is 15.1.